The van der Waals surface area contributed by atoms with Crippen molar-refractivity contribution in [3.8, 4) is 0 Å². The van der Waals surface area contributed by atoms with Crippen molar-refractivity contribution in [2.45, 2.75) is 30.6 Å². The summed E-state index contributed by atoms with van der Waals surface area (Å²) in [6.45, 7) is 3.61. The van der Waals surface area contributed by atoms with Crippen LogP contribution in [0.15, 0.2) is 0 Å². The molecule has 2 nitrogen and oxygen atoms in total. The van der Waals surface area contributed by atoms with Crippen LogP contribution >= 0.6 is 11.8 Å². The van der Waals surface area contributed by atoms with E-state index in [1.54, 1.807) is 0 Å². The molecule has 0 saturated carbocycles. The van der Waals surface area contributed by atoms with Gasteiger partial charge in [0.15, 0.2) is 0 Å². The lowest BCUT2D eigenvalue weighted by molar-refractivity contribution is 0.537. The van der Waals surface area contributed by atoms with Gasteiger partial charge in [-0.25, -0.2) is 0 Å². The molecule has 0 amide bonds. The number of hydrogen-bond donors (Lipinski definition) is 2. The molecule has 2 heterocycles. The standard InChI is InChI=1S/C9H18N2S/c1-2-9(12-5-1)7-11-8-3-4-10-6-8/h8-11H,1-7H2. The van der Waals surface area contributed by atoms with Crippen molar-refractivity contribution in [3.05, 3.63) is 0 Å². The van der Waals surface area contributed by atoms with Crippen molar-refractivity contribution in [3.63, 3.8) is 0 Å². The van der Waals surface area contributed by atoms with Crippen molar-refractivity contribution in [1.29, 1.82) is 0 Å². The van der Waals surface area contributed by atoms with Gasteiger partial charge in [0.05, 0.1) is 0 Å². The molecule has 2 aliphatic heterocycles. The molecule has 2 atom stereocenters. The van der Waals surface area contributed by atoms with Gasteiger partial charge in [0.2, 0.25) is 0 Å². The lowest BCUT2D eigenvalue weighted by Gasteiger charge is -2.14. The Morgan fingerprint density at radius 2 is 2.42 bits per heavy atom. The Hall–Kier alpha value is 0.270. The van der Waals surface area contributed by atoms with Gasteiger partial charge >= 0.3 is 0 Å². The second kappa shape index (κ2) is 4.49. The maximum Gasteiger partial charge on any atom is 0.0205 e. The van der Waals surface area contributed by atoms with Gasteiger partial charge in [-0.05, 0) is 31.6 Å². The molecule has 2 N–H and O–H groups in total. The molecule has 0 radical (unpaired) electrons. The van der Waals surface area contributed by atoms with Gasteiger partial charge in [-0.2, -0.15) is 11.8 Å². The fourth-order valence-corrected chi connectivity index (χ4v) is 3.15. The van der Waals surface area contributed by atoms with E-state index in [1.165, 1.54) is 44.6 Å². The Bertz CT molecular complexity index is 112. The summed E-state index contributed by atoms with van der Waals surface area (Å²) in [5, 5.41) is 7.93. The third-order valence-electron chi connectivity index (χ3n) is 2.72. The molecular formula is C9H18N2S. The van der Waals surface area contributed by atoms with Gasteiger partial charge in [0, 0.05) is 24.4 Å². The Balaban J connectivity index is 1.60. The summed E-state index contributed by atoms with van der Waals surface area (Å²) in [4.78, 5) is 0. The molecule has 2 unspecified atom stereocenters. The maximum atomic E-state index is 3.64. The van der Waals surface area contributed by atoms with E-state index in [4.69, 9.17) is 0 Å². The Kier molecular flexibility index (Phi) is 3.31. The zero-order valence-electron chi connectivity index (χ0n) is 7.51. The molecule has 2 fully saturated rings. The molecule has 0 aliphatic carbocycles. The molecule has 70 valence electrons. The monoisotopic (exact) mass is 186 g/mol. The number of hydrogen-bond acceptors (Lipinski definition) is 3. The molecule has 3 heteroatoms. The third-order valence-corrected chi connectivity index (χ3v) is 4.12. The van der Waals surface area contributed by atoms with Crippen LogP contribution in [0.3, 0.4) is 0 Å². The minimum absolute atomic E-state index is 0.756. The quantitative estimate of drug-likeness (QED) is 0.683. The van der Waals surface area contributed by atoms with Crippen LogP contribution in [0.1, 0.15) is 19.3 Å². The lowest BCUT2D eigenvalue weighted by atomic mass is 10.2. The molecule has 0 aromatic heterocycles. The van der Waals surface area contributed by atoms with E-state index < -0.39 is 0 Å². The summed E-state index contributed by atoms with van der Waals surface area (Å²) >= 11 is 2.14. The molecule has 12 heavy (non-hydrogen) atoms. The Morgan fingerprint density at radius 3 is 3.08 bits per heavy atom. The van der Waals surface area contributed by atoms with Gasteiger partial charge in [0.1, 0.15) is 0 Å². The van der Waals surface area contributed by atoms with E-state index in [9.17, 15) is 0 Å². The van der Waals surface area contributed by atoms with E-state index in [0.29, 0.717) is 0 Å². The van der Waals surface area contributed by atoms with Gasteiger partial charge in [-0.1, -0.05) is 0 Å². The van der Waals surface area contributed by atoms with Crippen LogP contribution in [0.5, 0.6) is 0 Å². The fraction of sp³-hybridized carbons (Fsp3) is 1.00. The molecule has 0 spiro atoms. The molecule has 2 rings (SSSR count). The summed E-state index contributed by atoms with van der Waals surface area (Å²) < 4.78 is 0. The fourth-order valence-electron chi connectivity index (χ4n) is 1.93. The first-order chi connectivity index (χ1) is 5.95. The second-order valence-electron chi connectivity index (χ2n) is 3.73. The zero-order valence-corrected chi connectivity index (χ0v) is 8.33. The molecule has 0 aromatic rings. The van der Waals surface area contributed by atoms with E-state index in [1.807, 2.05) is 0 Å². The van der Waals surface area contributed by atoms with E-state index in [-0.39, 0.29) is 0 Å². The highest BCUT2D eigenvalue weighted by Gasteiger charge is 2.18. The average Bonchev–Trinajstić information content (AvgIpc) is 2.74. The van der Waals surface area contributed by atoms with Crippen molar-refractivity contribution in [2.75, 3.05) is 25.4 Å². The predicted molar refractivity (Wildman–Crippen MR) is 54.8 cm³/mol. The van der Waals surface area contributed by atoms with Gasteiger partial charge < -0.3 is 10.6 Å². The van der Waals surface area contributed by atoms with Crippen molar-refractivity contribution >= 4 is 11.8 Å². The topological polar surface area (TPSA) is 24.1 Å². The Labute approximate surface area is 78.9 Å². The highest BCUT2D eigenvalue weighted by atomic mass is 32.2. The number of thioether (sulfide) groups is 1. The van der Waals surface area contributed by atoms with Crippen molar-refractivity contribution in [1.82, 2.24) is 10.6 Å². The normalized spacial score (nSPS) is 36.0. The van der Waals surface area contributed by atoms with Crippen LogP contribution in [-0.2, 0) is 0 Å². The molecule has 0 aromatic carbocycles. The predicted octanol–water partition coefficient (Wildman–Crippen LogP) is 0.834. The summed E-state index contributed by atoms with van der Waals surface area (Å²) in [6.07, 6.45) is 4.18. The highest BCUT2D eigenvalue weighted by Crippen LogP contribution is 2.25. The highest BCUT2D eigenvalue weighted by molar-refractivity contribution is 8.00. The summed E-state index contributed by atoms with van der Waals surface area (Å²) in [5.41, 5.74) is 0. The largest absolute Gasteiger partial charge is 0.315 e. The van der Waals surface area contributed by atoms with Crippen LogP contribution in [0.4, 0.5) is 0 Å². The average molecular weight is 186 g/mol. The SMILES string of the molecule is C1CSC(CNC2CCNC2)C1. The zero-order chi connectivity index (χ0) is 8.23. The van der Waals surface area contributed by atoms with Crippen LogP contribution in [0.2, 0.25) is 0 Å². The van der Waals surface area contributed by atoms with Crippen LogP contribution < -0.4 is 10.6 Å². The first kappa shape index (κ1) is 8.85. The second-order valence-corrected chi connectivity index (χ2v) is 5.14. The molecule has 2 aliphatic rings. The van der Waals surface area contributed by atoms with Gasteiger partial charge in [0.25, 0.3) is 0 Å². The summed E-state index contributed by atoms with van der Waals surface area (Å²) in [5.74, 6) is 1.38. The minimum atomic E-state index is 0.756. The first-order valence-electron chi connectivity index (χ1n) is 5.01. The van der Waals surface area contributed by atoms with Crippen molar-refractivity contribution < 1.29 is 0 Å². The van der Waals surface area contributed by atoms with Crippen LogP contribution in [0.25, 0.3) is 0 Å². The smallest absolute Gasteiger partial charge is 0.0205 e. The van der Waals surface area contributed by atoms with Crippen molar-refractivity contribution in [2.24, 2.45) is 0 Å². The third kappa shape index (κ3) is 2.38. The Morgan fingerprint density at radius 1 is 1.42 bits per heavy atom. The number of nitrogens with one attached hydrogen (secondary N) is 2. The molecule has 0 bridgehead atoms. The summed E-state index contributed by atoms with van der Waals surface area (Å²) in [7, 11) is 0. The summed E-state index contributed by atoms with van der Waals surface area (Å²) in [6, 6.07) is 0.756. The molecule has 2 saturated heterocycles. The van der Waals surface area contributed by atoms with E-state index in [2.05, 4.69) is 22.4 Å². The number of rotatable bonds is 3. The maximum absolute atomic E-state index is 3.64. The molecular weight excluding hydrogens is 168 g/mol. The first-order valence-corrected chi connectivity index (χ1v) is 6.06. The lowest BCUT2D eigenvalue weighted by Crippen LogP contribution is -2.35. The van der Waals surface area contributed by atoms with Gasteiger partial charge in [-0.3, -0.25) is 0 Å². The minimum Gasteiger partial charge on any atom is -0.315 e. The van der Waals surface area contributed by atoms with E-state index >= 15 is 0 Å². The van der Waals surface area contributed by atoms with Crippen LogP contribution in [-0.4, -0.2) is 36.7 Å². The van der Waals surface area contributed by atoms with Gasteiger partial charge in [-0.15, -0.1) is 0 Å². The van der Waals surface area contributed by atoms with E-state index in [0.717, 1.165) is 11.3 Å². The van der Waals surface area contributed by atoms with Crippen LogP contribution in [0, 0.1) is 0 Å².